The average Bonchev–Trinajstić information content (AvgIpc) is 2.34. The first-order valence-corrected chi connectivity index (χ1v) is 5.85. The molecule has 2 heterocycles. The molecular formula is C13H14N4O. The van der Waals surface area contributed by atoms with Crippen molar-refractivity contribution in [1.82, 2.24) is 14.9 Å². The maximum absolute atomic E-state index is 12.3. The fraction of sp³-hybridized carbons (Fsp3) is 0.308. The number of benzene rings is 1. The summed E-state index contributed by atoms with van der Waals surface area (Å²) in [7, 11) is 0. The summed E-state index contributed by atoms with van der Waals surface area (Å²) < 4.78 is 0. The average molecular weight is 242 g/mol. The van der Waals surface area contributed by atoms with Gasteiger partial charge in [0.25, 0.3) is 5.91 Å². The number of rotatable bonds is 1. The topological polar surface area (TPSA) is 72.1 Å². The molecule has 0 atom stereocenters. The van der Waals surface area contributed by atoms with Gasteiger partial charge in [0.1, 0.15) is 5.52 Å². The van der Waals surface area contributed by atoms with E-state index in [-0.39, 0.29) is 11.4 Å². The van der Waals surface area contributed by atoms with Gasteiger partial charge >= 0.3 is 0 Å². The summed E-state index contributed by atoms with van der Waals surface area (Å²) in [5, 5.41) is 0. The summed E-state index contributed by atoms with van der Waals surface area (Å²) in [4.78, 5) is 22.5. The standard InChI is InChI=1S/C13H14N4O/c1-13(14)7-17(8-13)12(18)9-3-2-4-10-11(9)16-6-5-15-10/h2-6H,7-8,14H2,1H3. The number of hydrogen-bond acceptors (Lipinski definition) is 4. The Kier molecular flexibility index (Phi) is 2.31. The van der Waals surface area contributed by atoms with E-state index in [0.29, 0.717) is 24.2 Å². The molecule has 1 fully saturated rings. The van der Waals surface area contributed by atoms with Crippen LogP contribution in [0.4, 0.5) is 0 Å². The Morgan fingerprint density at radius 2 is 2.06 bits per heavy atom. The summed E-state index contributed by atoms with van der Waals surface area (Å²) in [6.07, 6.45) is 3.22. The number of nitrogens with zero attached hydrogens (tertiary/aromatic N) is 3. The number of carbonyl (C=O) groups is 1. The van der Waals surface area contributed by atoms with Gasteiger partial charge in [-0.05, 0) is 19.1 Å². The number of hydrogen-bond donors (Lipinski definition) is 1. The van der Waals surface area contributed by atoms with E-state index in [1.165, 1.54) is 0 Å². The molecule has 1 aromatic carbocycles. The second kappa shape index (κ2) is 3.74. The van der Waals surface area contributed by atoms with Crippen LogP contribution in [0.3, 0.4) is 0 Å². The van der Waals surface area contributed by atoms with Crippen LogP contribution in [0.15, 0.2) is 30.6 Å². The van der Waals surface area contributed by atoms with Gasteiger partial charge in [0, 0.05) is 31.0 Å². The van der Waals surface area contributed by atoms with Gasteiger partial charge in [-0.2, -0.15) is 0 Å². The van der Waals surface area contributed by atoms with Gasteiger partial charge in [-0.1, -0.05) is 6.07 Å². The van der Waals surface area contributed by atoms with E-state index in [1.807, 2.05) is 19.1 Å². The number of likely N-dealkylation sites (tertiary alicyclic amines) is 1. The molecule has 1 saturated heterocycles. The van der Waals surface area contributed by atoms with Crippen LogP contribution in [0.2, 0.25) is 0 Å². The first kappa shape index (κ1) is 11.1. The first-order chi connectivity index (χ1) is 8.57. The lowest BCUT2D eigenvalue weighted by atomic mass is 9.93. The minimum absolute atomic E-state index is 0.0241. The zero-order valence-corrected chi connectivity index (χ0v) is 10.1. The molecule has 5 heteroatoms. The molecule has 1 aliphatic heterocycles. The van der Waals surface area contributed by atoms with Gasteiger partial charge in [0.2, 0.25) is 0 Å². The second-order valence-corrected chi connectivity index (χ2v) is 5.04. The highest BCUT2D eigenvalue weighted by molar-refractivity contribution is 6.05. The third-order valence-corrected chi connectivity index (χ3v) is 3.12. The van der Waals surface area contributed by atoms with E-state index in [1.54, 1.807) is 23.4 Å². The second-order valence-electron chi connectivity index (χ2n) is 5.04. The molecule has 18 heavy (non-hydrogen) atoms. The number of carbonyl (C=O) groups excluding carboxylic acids is 1. The van der Waals surface area contributed by atoms with Crippen molar-refractivity contribution in [3.05, 3.63) is 36.2 Å². The highest BCUT2D eigenvalue weighted by atomic mass is 16.2. The molecule has 0 spiro atoms. The molecular weight excluding hydrogens is 228 g/mol. The van der Waals surface area contributed by atoms with E-state index >= 15 is 0 Å². The molecule has 3 rings (SSSR count). The molecule has 1 amide bonds. The Hall–Kier alpha value is -2.01. The van der Waals surface area contributed by atoms with Gasteiger partial charge in [-0.15, -0.1) is 0 Å². The minimum Gasteiger partial charge on any atom is -0.335 e. The molecule has 0 unspecified atom stereocenters. The molecule has 5 nitrogen and oxygen atoms in total. The molecule has 1 aromatic heterocycles. The molecule has 0 radical (unpaired) electrons. The van der Waals surface area contributed by atoms with Crippen LogP contribution < -0.4 is 5.73 Å². The number of nitrogens with two attached hydrogens (primary N) is 1. The van der Waals surface area contributed by atoms with Crippen molar-refractivity contribution in [2.75, 3.05) is 13.1 Å². The summed E-state index contributed by atoms with van der Waals surface area (Å²) in [5.41, 5.74) is 7.64. The maximum Gasteiger partial charge on any atom is 0.256 e. The normalized spacial score (nSPS) is 17.6. The highest BCUT2D eigenvalue weighted by Gasteiger charge is 2.38. The zero-order chi connectivity index (χ0) is 12.8. The van der Waals surface area contributed by atoms with Gasteiger partial charge in [0.05, 0.1) is 11.1 Å². The predicted octanol–water partition coefficient (Wildman–Crippen LogP) is 0.803. The smallest absolute Gasteiger partial charge is 0.256 e. The van der Waals surface area contributed by atoms with Crippen LogP contribution >= 0.6 is 0 Å². The molecule has 0 bridgehead atoms. The van der Waals surface area contributed by atoms with E-state index in [0.717, 1.165) is 5.52 Å². The maximum atomic E-state index is 12.3. The summed E-state index contributed by atoms with van der Waals surface area (Å²) in [6.45, 7) is 3.12. The van der Waals surface area contributed by atoms with Crippen molar-refractivity contribution in [3.8, 4) is 0 Å². The van der Waals surface area contributed by atoms with E-state index in [2.05, 4.69) is 9.97 Å². The monoisotopic (exact) mass is 242 g/mol. The Morgan fingerprint density at radius 1 is 1.33 bits per heavy atom. The van der Waals surface area contributed by atoms with E-state index < -0.39 is 0 Å². The number of aromatic nitrogens is 2. The van der Waals surface area contributed by atoms with Gasteiger partial charge in [-0.25, -0.2) is 0 Å². The molecule has 0 aliphatic carbocycles. The first-order valence-electron chi connectivity index (χ1n) is 5.85. The van der Waals surface area contributed by atoms with Gasteiger partial charge < -0.3 is 10.6 Å². The SMILES string of the molecule is CC1(N)CN(C(=O)c2cccc3nccnc23)C1. The van der Waals surface area contributed by atoms with Crippen LogP contribution in [0.25, 0.3) is 11.0 Å². The largest absolute Gasteiger partial charge is 0.335 e. The third-order valence-electron chi connectivity index (χ3n) is 3.12. The highest BCUT2D eigenvalue weighted by Crippen LogP contribution is 2.22. The lowest BCUT2D eigenvalue weighted by Gasteiger charge is -2.45. The van der Waals surface area contributed by atoms with Crippen molar-refractivity contribution in [1.29, 1.82) is 0 Å². The predicted molar refractivity (Wildman–Crippen MR) is 68.0 cm³/mol. The Balaban J connectivity index is 1.98. The molecule has 2 aromatic rings. The molecule has 92 valence electrons. The van der Waals surface area contributed by atoms with Gasteiger partial charge in [0.15, 0.2) is 0 Å². The molecule has 1 aliphatic rings. The number of amides is 1. The van der Waals surface area contributed by atoms with Crippen molar-refractivity contribution in [2.24, 2.45) is 5.73 Å². The number of fused-ring (bicyclic) bond motifs is 1. The number of para-hydroxylation sites is 1. The molecule has 0 saturated carbocycles. The van der Waals surface area contributed by atoms with Crippen LogP contribution in [0.1, 0.15) is 17.3 Å². The Morgan fingerprint density at radius 3 is 2.78 bits per heavy atom. The Bertz CT molecular complexity index is 610. The van der Waals surface area contributed by atoms with Crippen molar-refractivity contribution in [2.45, 2.75) is 12.5 Å². The fourth-order valence-corrected chi connectivity index (χ4v) is 2.30. The van der Waals surface area contributed by atoms with Crippen molar-refractivity contribution in [3.63, 3.8) is 0 Å². The summed E-state index contributed by atoms with van der Waals surface area (Å²) in [6, 6.07) is 5.46. The molecule has 2 N–H and O–H groups in total. The quantitative estimate of drug-likeness (QED) is 0.803. The third kappa shape index (κ3) is 1.73. The summed E-state index contributed by atoms with van der Waals surface area (Å²) >= 11 is 0. The van der Waals surface area contributed by atoms with Crippen LogP contribution in [-0.4, -0.2) is 39.4 Å². The van der Waals surface area contributed by atoms with E-state index in [4.69, 9.17) is 5.73 Å². The zero-order valence-electron chi connectivity index (χ0n) is 10.1. The van der Waals surface area contributed by atoms with Crippen LogP contribution in [-0.2, 0) is 0 Å². The summed E-state index contributed by atoms with van der Waals surface area (Å²) in [5.74, 6) is -0.0241. The van der Waals surface area contributed by atoms with E-state index in [9.17, 15) is 4.79 Å². The lowest BCUT2D eigenvalue weighted by molar-refractivity contribution is 0.0455. The van der Waals surface area contributed by atoms with Gasteiger partial charge in [-0.3, -0.25) is 14.8 Å². The van der Waals surface area contributed by atoms with Crippen LogP contribution in [0.5, 0.6) is 0 Å². The lowest BCUT2D eigenvalue weighted by Crippen LogP contribution is -2.66. The minimum atomic E-state index is -0.258. The van der Waals surface area contributed by atoms with Crippen molar-refractivity contribution >= 4 is 16.9 Å². The van der Waals surface area contributed by atoms with Crippen molar-refractivity contribution < 1.29 is 4.79 Å². The fourth-order valence-electron chi connectivity index (χ4n) is 2.30. The van der Waals surface area contributed by atoms with Crippen LogP contribution in [0, 0.1) is 0 Å². The Labute approximate surface area is 105 Å².